The van der Waals surface area contributed by atoms with Crippen LogP contribution in [0.1, 0.15) is 23.7 Å². The molecular weight excluding hydrogens is 252 g/mol. The summed E-state index contributed by atoms with van der Waals surface area (Å²) in [5.41, 5.74) is 2.40. The molecular formula is C15H16N4O. The van der Waals surface area contributed by atoms with Crippen LogP contribution < -0.4 is 0 Å². The molecule has 0 radical (unpaired) electrons. The van der Waals surface area contributed by atoms with Gasteiger partial charge in [-0.1, -0.05) is 6.07 Å². The minimum absolute atomic E-state index is 0.426. The lowest BCUT2D eigenvalue weighted by Crippen LogP contribution is -2.10. The molecule has 1 atom stereocenters. The molecule has 4 rings (SSSR count). The van der Waals surface area contributed by atoms with E-state index in [0.29, 0.717) is 5.92 Å². The van der Waals surface area contributed by atoms with Gasteiger partial charge in [-0.15, -0.1) is 0 Å². The lowest BCUT2D eigenvalue weighted by atomic mass is 10.1. The third kappa shape index (κ3) is 1.91. The number of nitrogens with zero attached hydrogens (tertiary/aromatic N) is 4. The van der Waals surface area contributed by atoms with Gasteiger partial charge in [-0.2, -0.15) is 5.10 Å². The van der Waals surface area contributed by atoms with Crippen molar-refractivity contribution in [3.05, 3.63) is 54.4 Å². The van der Waals surface area contributed by atoms with Crippen LogP contribution in [0.2, 0.25) is 0 Å². The first-order valence-corrected chi connectivity index (χ1v) is 6.92. The Bertz CT molecular complexity index is 724. The van der Waals surface area contributed by atoms with Gasteiger partial charge in [0, 0.05) is 37.3 Å². The lowest BCUT2D eigenvalue weighted by molar-refractivity contribution is 0.192. The Morgan fingerprint density at radius 1 is 1.25 bits per heavy atom. The molecule has 1 aliphatic heterocycles. The van der Waals surface area contributed by atoms with Crippen molar-refractivity contribution in [2.24, 2.45) is 0 Å². The first-order valence-electron chi connectivity index (χ1n) is 6.92. The highest BCUT2D eigenvalue weighted by Crippen LogP contribution is 2.24. The maximum absolute atomic E-state index is 5.48. The molecule has 0 saturated carbocycles. The summed E-state index contributed by atoms with van der Waals surface area (Å²) < 4.78 is 9.61. The largest absolute Gasteiger partial charge is 0.381 e. The molecule has 102 valence electrons. The van der Waals surface area contributed by atoms with Crippen molar-refractivity contribution in [2.45, 2.75) is 18.9 Å². The van der Waals surface area contributed by atoms with Crippen molar-refractivity contribution < 1.29 is 4.74 Å². The second-order valence-electron chi connectivity index (χ2n) is 5.17. The highest BCUT2D eigenvalue weighted by Gasteiger charge is 2.22. The minimum atomic E-state index is 0.426. The van der Waals surface area contributed by atoms with E-state index in [-0.39, 0.29) is 0 Å². The average molecular weight is 268 g/mol. The van der Waals surface area contributed by atoms with E-state index >= 15 is 0 Å². The van der Waals surface area contributed by atoms with Gasteiger partial charge < -0.3 is 9.30 Å². The van der Waals surface area contributed by atoms with E-state index in [4.69, 9.17) is 4.74 Å². The van der Waals surface area contributed by atoms with Gasteiger partial charge in [0.05, 0.1) is 18.7 Å². The maximum Gasteiger partial charge on any atom is 0.114 e. The third-order valence-corrected chi connectivity index (χ3v) is 3.91. The van der Waals surface area contributed by atoms with Gasteiger partial charge in [0.15, 0.2) is 0 Å². The normalized spacial score (nSPS) is 18.9. The second kappa shape index (κ2) is 4.76. The topological polar surface area (TPSA) is 44.3 Å². The minimum Gasteiger partial charge on any atom is -0.381 e. The van der Waals surface area contributed by atoms with Crippen molar-refractivity contribution in [1.82, 2.24) is 19.2 Å². The summed E-state index contributed by atoms with van der Waals surface area (Å²) in [4.78, 5) is 4.52. The van der Waals surface area contributed by atoms with Crippen molar-refractivity contribution in [1.29, 1.82) is 0 Å². The summed E-state index contributed by atoms with van der Waals surface area (Å²) in [7, 11) is 0. The molecule has 0 spiro atoms. The fourth-order valence-corrected chi connectivity index (χ4v) is 2.88. The number of hydrogen-bond donors (Lipinski definition) is 0. The molecule has 3 aromatic rings. The molecule has 1 aliphatic rings. The molecule has 0 aromatic carbocycles. The second-order valence-corrected chi connectivity index (χ2v) is 5.17. The smallest absolute Gasteiger partial charge is 0.114 e. The SMILES string of the molecule is c1cc(Cn2ccnc2C2CCOC2)c2ccnn2c1. The molecule has 0 amide bonds. The van der Waals surface area contributed by atoms with Crippen molar-refractivity contribution in [2.75, 3.05) is 13.2 Å². The van der Waals surface area contributed by atoms with E-state index in [9.17, 15) is 0 Å². The summed E-state index contributed by atoms with van der Waals surface area (Å²) in [5.74, 6) is 1.55. The Kier molecular flexibility index (Phi) is 2.77. The van der Waals surface area contributed by atoms with Gasteiger partial charge in [-0.3, -0.25) is 0 Å². The predicted molar refractivity (Wildman–Crippen MR) is 74.7 cm³/mol. The van der Waals surface area contributed by atoms with E-state index < -0.39 is 0 Å². The average Bonchev–Trinajstić information content (AvgIpc) is 3.20. The van der Waals surface area contributed by atoms with Crippen LogP contribution in [0.15, 0.2) is 43.0 Å². The number of rotatable bonds is 3. The first kappa shape index (κ1) is 11.7. The molecule has 1 fully saturated rings. The monoisotopic (exact) mass is 268 g/mol. The van der Waals surface area contributed by atoms with Gasteiger partial charge in [-0.05, 0) is 24.1 Å². The Balaban J connectivity index is 1.69. The molecule has 0 aliphatic carbocycles. The lowest BCUT2D eigenvalue weighted by Gasteiger charge is -2.12. The summed E-state index contributed by atoms with van der Waals surface area (Å²) >= 11 is 0. The summed E-state index contributed by atoms with van der Waals surface area (Å²) in [6, 6.07) is 6.22. The maximum atomic E-state index is 5.48. The fourth-order valence-electron chi connectivity index (χ4n) is 2.88. The molecule has 20 heavy (non-hydrogen) atoms. The molecule has 0 N–H and O–H groups in total. The zero-order valence-corrected chi connectivity index (χ0v) is 11.1. The summed E-state index contributed by atoms with van der Waals surface area (Å²) in [5, 5.41) is 4.28. The van der Waals surface area contributed by atoms with Gasteiger partial charge >= 0.3 is 0 Å². The van der Waals surface area contributed by atoms with Crippen LogP contribution in [0.3, 0.4) is 0 Å². The number of hydrogen-bond acceptors (Lipinski definition) is 3. The Hall–Kier alpha value is -2.14. The van der Waals surface area contributed by atoms with E-state index in [0.717, 1.165) is 37.5 Å². The van der Waals surface area contributed by atoms with Crippen LogP contribution in [0.5, 0.6) is 0 Å². The third-order valence-electron chi connectivity index (χ3n) is 3.91. The van der Waals surface area contributed by atoms with Crippen LogP contribution in [-0.2, 0) is 11.3 Å². The van der Waals surface area contributed by atoms with Gasteiger partial charge in [-0.25, -0.2) is 9.50 Å². The zero-order valence-electron chi connectivity index (χ0n) is 11.1. The Morgan fingerprint density at radius 2 is 2.25 bits per heavy atom. The Labute approximate surface area is 116 Å². The quantitative estimate of drug-likeness (QED) is 0.730. The standard InChI is InChI=1S/C15H16N4O/c1-2-12(14-3-5-17-19(14)7-1)10-18-8-6-16-15(18)13-4-9-20-11-13/h1-3,5-8,13H,4,9-11H2. The van der Waals surface area contributed by atoms with Crippen LogP contribution in [0.4, 0.5) is 0 Å². The summed E-state index contributed by atoms with van der Waals surface area (Å²) in [6.07, 6.45) is 8.79. The number of pyridine rings is 1. The molecule has 1 saturated heterocycles. The molecule has 5 nitrogen and oxygen atoms in total. The summed E-state index contributed by atoms with van der Waals surface area (Å²) in [6.45, 7) is 2.45. The van der Waals surface area contributed by atoms with E-state index in [2.05, 4.69) is 20.7 Å². The van der Waals surface area contributed by atoms with Crippen molar-refractivity contribution in [3.8, 4) is 0 Å². The van der Waals surface area contributed by atoms with Crippen molar-refractivity contribution in [3.63, 3.8) is 0 Å². The van der Waals surface area contributed by atoms with Crippen LogP contribution in [0.25, 0.3) is 5.52 Å². The van der Waals surface area contributed by atoms with Gasteiger partial charge in [0.1, 0.15) is 5.82 Å². The highest BCUT2D eigenvalue weighted by molar-refractivity contribution is 5.53. The van der Waals surface area contributed by atoms with Crippen LogP contribution in [0, 0.1) is 0 Å². The first-order chi connectivity index (χ1) is 9.92. The van der Waals surface area contributed by atoms with Crippen LogP contribution in [-0.4, -0.2) is 32.4 Å². The molecule has 0 bridgehead atoms. The van der Waals surface area contributed by atoms with E-state index in [1.165, 1.54) is 5.56 Å². The van der Waals surface area contributed by atoms with Gasteiger partial charge in [0.25, 0.3) is 0 Å². The van der Waals surface area contributed by atoms with E-state index in [1.807, 2.05) is 41.4 Å². The molecule has 3 aromatic heterocycles. The number of imidazole rings is 1. The number of aromatic nitrogens is 4. The Morgan fingerprint density at radius 3 is 3.15 bits per heavy atom. The highest BCUT2D eigenvalue weighted by atomic mass is 16.5. The number of ether oxygens (including phenoxy) is 1. The van der Waals surface area contributed by atoms with Gasteiger partial charge in [0.2, 0.25) is 0 Å². The van der Waals surface area contributed by atoms with Crippen LogP contribution >= 0.6 is 0 Å². The van der Waals surface area contributed by atoms with E-state index in [1.54, 1.807) is 0 Å². The van der Waals surface area contributed by atoms with Crippen molar-refractivity contribution >= 4 is 5.52 Å². The molecule has 1 unspecified atom stereocenters. The fraction of sp³-hybridized carbons (Fsp3) is 0.333. The molecule has 4 heterocycles. The predicted octanol–water partition coefficient (Wildman–Crippen LogP) is 2.08. The number of fused-ring (bicyclic) bond motifs is 1. The molecule has 5 heteroatoms. The zero-order chi connectivity index (χ0) is 13.4.